The van der Waals surface area contributed by atoms with Gasteiger partial charge in [0.15, 0.2) is 5.13 Å². The van der Waals surface area contributed by atoms with Gasteiger partial charge in [0.1, 0.15) is 5.65 Å². The Balaban J connectivity index is 1.41. The molecule has 0 radical (unpaired) electrons. The van der Waals surface area contributed by atoms with Gasteiger partial charge in [-0.2, -0.15) is 0 Å². The Bertz CT molecular complexity index is 1450. The fourth-order valence-electron chi connectivity index (χ4n) is 5.22. The minimum Gasteiger partial charge on any atom is -0.465 e. The van der Waals surface area contributed by atoms with E-state index in [2.05, 4.69) is 38.5 Å². The number of nitrogens with one attached hydrogen (secondary N) is 2. The smallest absolute Gasteiger partial charge is 0.407 e. The van der Waals surface area contributed by atoms with Crippen LogP contribution in [0, 0.1) is 6.92 Å². The minimum absolute atomic E-state index is 0.212. The number of carbonyl (C=O) groups excluding carboxylic acids is 1. The molecule has 3 amide bonds. The molecule has 4 aromatic rings. The maximum Gasteiger partial charge on any atom is 0.407 e. The first kappa shape index (κ1) is 21.6. The average molecular weight is 489 g/mol. The maximum atomic E-state index is 13.0. The van der Waals surface area contributed by atoms with Gasteiger partial charge in [-0.3, -0.25) is 5.32 Å². The van der Waals surface area contributed by atoms with Crippen LogP contribution in [-0.2, 0) is 13.1 Å². The molecule has 1 atom stereocenters. The monoisotopic (exact) mass is 488 g/mol. The molecule has 0 spiro atoms. The molecule has 35 heavy (non-hydrogen) atoms. The lowest BCUT2D eigenvalue weighted by atomic mass is 9.91. The van der Waals surface area contributed by atoms with Crippen molar-refractivity contribution in [3.8, 4) is 11.1 Å². The Labute approximate surface area is 205 Å². The Morgan fingerprint density at radius 1 is 1.20 bits per heavy atom. The molecule has 9 nitrogen and oxygen atoms in total. The van der Waals surface area contributed by atoms with Crippen molar-refractivity contribution in [1.82, 2.24) is 24.8 Å². The number of aromatic nitrogens is 3. The van der Waals surface area contributed by atoms with E-state index in [-0.39, 0.29) is 12.1 Å². The number of fused-ring (bicyclic) bond motifs is 2. The summed E-state index contributed by atoms with van der Waals surface area (Å²) in [7, 11) is 0. The summed E-state index contributed by atoms with van der Waals surface area (Å²) in [5.74, 6) is 0. The molecule has 6 rings (SSSR count). The van der Waals surface area contributed by atoms with Crippen LogP contribution >= 0.6 is 11.3 Å². The van der Waals surface area contributed by atoms with Gasteiger partial charge < -0.3 is 19.9 Å². The molecule has 2 aliphatic heterocycles. The molecule has 3 N–H and O–H groups in total. The lowest BCUT2D eigenvalue weighted by Gasteiger charge is -2.25. The van der Waals surface area contributed by atoms with Gasteiger partial charge in [-0.15, -0.1) is 11.3 Å². The molecule has 0 saturated carbocycles. The molecular weight excluding hydrogens is 464 g/mol. The molecule has 0 aliphatic carbocycles. The van der Waals surface area contributed by atoms with Crippen molar-refractivity contribution in [2.75, 3.05) is 11.9 Å². The quantitative estimate of drug-likeness (QED) is 0.359. The number of urea groups is 1. The van der Waals surface area contributed by atoms with Crippen molar-refractivity contribution >= 4 is 39.6 Å². The SMILES string of the molecule is Cc1c[nH]c2ncc(-c3cc4c(c([C@@H]5CCCN5C(=O)O)c3)CN(C(=O)Nc3nccs3)C4)cc12. The van der Waals surface area contributed by atoms with Crippen molar-refractivity contribution in [2.24, 2.45) is 0 Å². The highest BCUT2D eigenvalue weighted by molar-refractivity contribution is 7.13. The molecule has 0 bridgehead atoms. The molecule has 1 aromatic carbocycles. The Kier molecular flexibility index (Phi) is 5.18. The first-order chi connectivity index (χ1) is 17.0. The largest absolute Gasteiger partial charge is 0.465 e. The van der Waals surface area contributed by atoms with Crippen LogP contribution in [0.1, 0.15) is 41.1 Å². The molecular formula is C25H24N6O3S. The molecule has 1 fully saturated rings. The summed E-state index contributed by atoms with van der Waals surface area (Å²) in [5.41, 5.74) is 6.96. The Morgan fingerprint density at radius 2 is 2.09 bits per heavy atom. The molecule has 2 aliphatic rings. The molecule has 0 unspecified atom stereocenters. The van der Waals surface area contributed by atoms with E-state index in [0.29, 0.717) is 24.8 Å². The second-order valence-electron chi connectivity index (χ2n) is 9.05. The van der Waals surface area contributed by atoms with Crippen molar-refractivity contribution in [3.05, 3.63) is 64.4 Å². The van der Waals surface area contributed by atoms with E-state index in [1.165, 1.54) is 16.2 Å². The van der Waals surface area contributed by atoms with E-state index in [4.69, 9.17) is 0 Å². The van der Waals surface area contributed by atoms with Crippen molar-refractivity contribution in [2.45, 2.75) is 38.9 Å². The molecule has 1 saturated heterocycles. The van der Waals surface area contributed by atoms with Crippen LogP contribution < -0.4 is 5.32 Å². The first-order valence-corrected chi connectivity index (χ1v) is 12.4. The van der Waals surface area contributed by atoms with E-state index < -0.39 is 6.09 Å². The van der Waals surface area contributed by atoms with Crippen LogP contribution in [0.2, 0.25) is 0 Å². The lowest BCUT2D eigenvalue weighted by molar-refractivity contribution is 0.140. The standard InChI is InChI=1S/C25H24N6O3S/c1-14-10-27-22-18(14)9-16(11-28-22)15-7-17-12-30(24(32)29-23-26-4-6-35-23)13-20(17)19(8-15)21-3-2-5-31(21)25(33)34/h4,6-11,21H,2-3,5,12-13H2,1H3,(H,27,28)(H,33,34)(H,26,29,32)/t21-/m0/s1. The minimum atomic E-state index is -0.908. The zero-order chi connectivity index (χ0) is 24.1. The van der Waals surface area contributed by atoms with Crippen LogP contribution in [-0.4, -0.2) is 48.5 Å². The number of carboxylic acid groups (broad SMARTS) is 1. The maximum absolute atomic E-state index is 13.0. The predicted octanol–water partition coefficient (Wildman–Crippen LogP) is 5.36. The number of hydrogen-bond donors (Lipinski definition) is 3. The van der Waals surface area contributed by atoms with Crippen LogP contribution in [0.15, 0.2) is 42.2 Å². The number of aromatic amines is 1. The number of hydrogen-bond acceptors (Lipinski definition) is 5. The number of pyridine rings is 1. The Morgan fingerprint density at radius 3 is 2.89 bits per heavy atom. The highest BCUT2D eigenvalue weighted by Gasteiger charge is 2.35. The van der Waals surface area contributed by atoms with Crippen LogP contribution in [0.25, 0.3) is 22.2 Å². The van der Waals surface area contributed by atoms with Crippen LogP contribution in [0.3, 0.4) is 0 Å². The third-order valence-corrected chi connectivity index (χ3v) is 7.64. The van der Waals surface area contributed by atoms with Gasteiger partial charge in [0.2, 0.25) is 0 Å². The van der Waals surface area contributed by atoms with Gasteiger partial charge in [-0.05, 0) is 65.8 Å². The summed E-state index contributed by atoms with van der Waals surface area (Å²) < 4.78 is 0. The Hall–Kier alpha value is -3.92. The van der Waals surface area contributed by atoms with Crippen LogP contribution in [0.4, 0.5) is 14.7 Å². The number of benzene rings is 1. The van der Waals surface area contributed by atoms with Gasteiger partial charge in [-0.1, -0.05) is 0 Å². The van der Waals surface area contributed by atoms with Crippen molar-refractivity contribution in [3.63, 3.8) is 0 Å². The zero-order valence-corrected chi connectivity index (χ0v) is 19.9. The van der Waals surface area contributed by atoms with E-state index in [1.54, 1.807) is 11.1 Å². The second kappa shape index (κ2) is 8.38. The van der Waals surface area contributed by atoms with Gasteiger partial charge in [-0.25, -0.2) is 19.6 Å². The molecule has 178 valence electrons. The normalized spacial score (nSPS) is 17.2. The van der Waals surface area contributed by atoms with Gasteiger partial charge >= 0.3 is 12.1 Å². The average Bonchev–Trinajstić information content (AvgIpc) is 3.64. The summed E-state index contributed by atoms with van der Waals surface area (Å²) in [6.07, 6.45) is 6.12. The topological polar surface area (TPSA) is 114 Å². The summed E-state index contributed by atoms with van der Waals surface area (Å²) in [6, 6.07) is 5.88. The number of likely N-dealkylation sites (tertiary alicyclic amines) is 1. The van der Waals surface area contributed by atoms with E-state index in [9.17, 15) is 14.7 Å². The fourth-order valence-corrected chi connectivity index (χ4v) is 5.74. The number of nitrogens with zero attached hydrogens (tertiary/aromatic N) is 4. The number of amides is 3. The van der Waals surface area contributed by atoms with E-state index in [1.807, 2.05) is 24.7 Å². The number of rotatable bonds is 3. The number of aryl methyl sites for hydroxylation is 1. The number of thiazole rings is 1. The molecule has 10 heteroatoms. The van der Waals surface area contributed by atoms with Crippen molar-refractivity contribution in [1.29, 1.82) is 0 Å². The summed E-state index contributed by atoms with van der Waals surface area (Å²) >= 11 is 1.37. The third kappa shape index (κ3) is 3.79. The van der Waals surface area contributed by atoms with E-state index in [0.717, 1.165) is 57.3 Å². The second-order valence-corrected chi connectivity index (χ2v) is 9.95. The van der Waals surface area contributed by atoms with E-state index >= 15 is 0 Å². The highest BCUT2D eigenvalue weighted by atomic mass is 32.1. The molecule has 5 heterocycles. The van der Waals surface area contributed by atoms with Crippen LogP contribution in [0.5, 0.6) is 0 Å². The zero-order valence-electron chi connectivity index (χ0n) is 19.1. The van der Waals surface area contributed by atoms with Crippen molar-refractivity contribution < 1.29 is 14.7 Å². The van der Waals surface area contributed by atoms with Gasteiger partial charge in [0.05, 0.1) is 6.04 Å². The van der Waals surface area contributed by atoms with Gasteiger partial charge in [0.25, 0.3) is 0 Å². The summed E-state index contributed by atoms with van der Waals surface area (Å²) in [4.78, 5) is 40.1. The number of H-pyrrole nitrogens is 1. The molecule has 3 aromatic heterocycles. The first-order valence-electron chi connectivity index (χ1n) is 11.5. The number of anilines is 1. The summed E-state index contributed by atoms with van der Waals surface area (Å²) in [5, 5.41) is 16.1. The summed E-state index contributed by atoms with van der Waals surface area (Å²) in [6.45, 7) is 3.44. The third-order valence-electron chi connectivity index (χ3n) is 6.95. The fraction of sp³-hybridized carbons (Fsp3) is 0.280. The number of carbonyl (C=O) groups is 2. The van der Waals surface area contributed by atoms with Gasteiger partial charge in [0, 0.05) is 54.6 Å². The highest BCUT2D eigenvalue weighted by Crippen LogP contribution is 2.41. The lowest BCUT2D eigenvalue weighted by Crippen LogP contribution is -2.31. The predicted molar refractivity (Wildman–Crippen MR) is 133 cm³/mol.